The van der Waals surface area contributed by atoms with Crippen molar-refractivity contribution in [2.45, 2.75) is 12.8 Å². The largest absolute Gasteiger partial charge is 0.310 e. The van der Waals surface area contributed by atoms with E-state index in [0.29, 0.717) is 5.82 Å². The molecule has 0 unspecified atom stereocenters. The molecule has 4 nitrogen and oxygen atoms in total. The molecule has 0 fully saturated rings. The number of carbonyl (C=O) groups is 1. The Labute approximate surface area is 135 Å². The highest BCUT2D eigenvalue weighted by Crippen LogP contribution is 2.26. The summed E-state index contributed by atoms with van der Waals surface area (Å²) in [4.78, 5) is 12.9. The molecule has 116 valence electrons. The number of anilines is 1. The van der Waals surface area contributed by atoms with Gasteiger partial charge in [-0.2, -0.15) is 5.10 Å². The predicted octanol–water partition coefficient (Wildman–Crippen LogP) is 3.50. The number of nitrogens with one attached hydrogen (secondary N) is 1. The topological polar surface area (TPSA) is 46.9 Å². The molecular formula is C19H19N3O. The maximum absolute atomic E-state index is 12.9. The summed E-state index contributed by atoms with van der Waals surface area (Å²) < 4.78 is 1.68. The molecular weight excluding hydrogens is 286 g/mol. The fraction of sp³-hybridized carbons (Fsp3) is 0.158. The number of aryl methyl sites for hydroxylation is 2. The zero-order valence-corrected chi connectivity index (χ0v) is 13.2. The average Bonchev–Trinajstić information content (AvgIpc) is 2.87. The van der Waals surface area contributed by atoms with Crippen LogP contribution in [0.1, 0.15) is 22.7 Å². The molecule has 0 saturated carbocycles. The van der Waals surface area contributed by atoms with Crippen molar-refractivity contribution in [1.82, 2.24) is 9.78 Å². The zero-order chi connectivity index (χ0) is 16.2. The number of nitrogens with zero attached hydrogens (tertiary/aromatic N) is 2. The lowest BCUT2D eigenvalue weighted by molar-refractivity contribution is -0.116. The molecule has 0 saturated heterocycles. The Balaban J connectivity index is 1.95. The van der Waals surface area contributed by atoms with Gasteiger partial charge in [-0.1, -0.05) is 60.7 Å². The van der Waals surface area contributed by atoms with Gasteiger partial charge >= 0.3 is 0 Å². The second-order valence-electron chi connectivity index (χ2n) is 5.54. The van der Waals surface area contributed by atoms with Gasteiger partial charge in [0.2, 0.25) is 5.91 Å². The molecule has 3 aromatic rings. The normalized spacial score (nSPS) is 10.7. The van der Waals surface area contributed by atoms with E-state index in [2.05, 4.69) is 10.4 Å². The Morgan fingerprint density at radius 3 is 1.96 bits per heavy atom. The van der Waals surface area contributed by atoms with Crippen molar-refractivity contribution in [2.75, 3.05) is 5.32 Å². The van der Waals surface area contributed by atoms with Crippen LogP contribution < -0.4 is 5.32 Å². The van der Waals surface area contributed by atoms with E-state index in [9.17, 15) is 4.79 Å². The Morgan fingerprint density at radius 2 is 1.52 bits per heavy atom. The molecule has 0 bridgehead atoms. The van der Waals surface area contributed by atoms with Crippen LogP contribution in [0, 0.1) is 6.92 Å². The molecule has 1 N–H and O–H groups in total. The minimum Gasteiger partial charge on any atom is -0.310 e. The van der Waals surface area contributed by atoms with Crippen LogP contribution in [0.3, 0.4) is 0 Å². The van der Waals surface area contributed by atoms with E-state index in [1.165, 1.54) is 0 Å². The molecule has 0 aliphatic heterocycles. The van der Waals surface area contributed by atoms with Gasteiger partial charge in [-0.15, -0.1) is 0 Å². The molecule has 0 aliphatic rings. The monoisotopic (exact) mass is 305 g/mol. The van der Waals surface area contributed by atoms with Crippen molar-refractivity contribution in [3.8, 4) is 0 Å². The van der Waals surface area contributed by atoms with Gasteiger partial charge in [0.1, 0.15) is 5.82 Å². The SMILES string of the molecule is Cc1cc(NC(=O)C(c2ccccc2)c2ccccc2)n(C)n1. The van der Waals surface area contributed by atoms with Crippen LogP contribution in [0.25, 0.3) is 0 Å². The van der Waals surface area contributed by atoms with Crippen molar-refractivity contribution in [1.29, 1.82) is 0 Å². The Kier molecular flexibility index (Phi) is 4.24. The van der Waals surface area contributed by atoms with Crippen molar-refractivity contribution in [2.24, 2.45) is 7.05 Å². The van der Waals surface area contributed by atoms with Gasteiger partial charge in [-0.25, -0.2) is 0 Å². The third-order valence-corrected chi connectivity index (χ3v) is 3.78. The first kappa shape index (κ1) is 15.0. The van der Waals surface area contributed by atoms with E-state index >= 15 is 0 Å². The van der Waals surface area contributed by atoms with E-state index in [0.717, 1.165) is 16.8 Å². The molecule has 23 heavy (non-hydrogen) atoms. The van der Waals surface area contributed by atoms with E-state index in [4.69, 9.17) is 0 Å². The average molecular weight is 305 g/mol. The molecule has 1 amide bonds. The number of carbonyl (C=O) groups excluding carboxylic acids is 1. The van der Waals surface area contributed by atoms with E-state index < -0.39 is 0 Å². The highest BCUT2D eigenvalue weighted by molar-refractivity contribution is 5.97. The van der Waals surface area contributed by atoms with Gasteiger partial charge in [-0.3, -0.25) is 9.48 Å². The van der Waals surface area contributed by atoms with Gasteiger partial charge in [0.25, 0.3) is 0 Å². The molecule has 3 rings (SSSR count). The Hall–Kier alpha value is -2.88. The quantitative estimate of drug-likeness (QED) is 0.802. The molecule has 0 aliphatic carbocycles. The Bertz CT molecular complexity index is 754. The maximum Gasteiger partial charge on any atom is 0.237 e. The summed E-state index contributed by atoms with van der Waals surface area (Å²) >= 11 is 0. The smallest absolute Gasteiger partial charge is 0.237 e. The summed E-state index contributed by atoms with van der Waals surface area (Å²) in [6, 6.07) is 21.5. The molecule has 4 heteroatoms. The third-order valence-electron chi connectivity index (χ3n) is 3.78. The number of amides is 1. The van der Waals surface area contributed by atoms with Crippen LogP contribution >= 0.6 is 0 Å². The van der Waals surface area contributed by atoms with Gasteiger partial charge in [0, 0.05) is 13.1 Å². The lowest BCUT2D eigenvalue weighted by atomic mass is 9.90. The molecule has 0 radical (unpaired) electrons. The third kappa shape index (κ3) is 3.31. The van der Waals surface area contributed by atoms with Crippen molar-refractivity contribution >= 4 is 11.7 Å². The van der Waals surface area contributed by atoms with Gasteiger partial charge in [0.05, 0.1) is 11.6 Å². The van der Waals surface area contributed by atoms with Crippen LogP contribution in [0.2, 0.25) is 0 Å². The summed E-state index contributed by atoms with van der Waals surface area (Å²) in [6.07, 6.45) is 0. The number of rotatable bonds is 4. The summed E-state index contributed by atoms with van der Waals surface area (Å²) in [7, 11) is 1.82. The number of hydrogen-bond donors (Lipinski definition) is 1. The van der Waals surface area contributed by atoms with Crippen LogP contribution in [-0.4, -0.2) is 15.7 Å². The van der Waals surface area contributed by atoms with E-state index in [1.54, 1.807) is 4.68 Å². The van der Waals surface area contributed by atoms with Crippen molar-refractivity contribution in [3.05, 3.63) is 83.6 Å². The van der Waals surface area contributed by atoms with E-state index in [-0.39, 0.29) is 11.8 Å². The first-order valence-electron chi connectivity index (χ1n) is 7.56. The zero-order valence-electron chi connectivity index (χ0n) is 13.2. The van der Waals surface area contributed by atoms with Crippen LogP contribution in [0.15, 0.2) is 66.7 Å². The lowest BCUT2D eigenvalue weighted by Crippen LogP contribution is -2.23. The predicted molar refractivity (Wildman–Crippen MR) is 91.3 cm³/mol. The molecule has 0 spiro atoms. The highest BCUT2D eigenvalue weighted by Gasteiger charge is 2.23. The fourth-order valence-corrected chi connectivity index (χ4v) is 2.71. The van der Waals surface area contributed by atoms with Crippen molar-refractivity contribution in [3.63, 3.8) is 0 Å². The first-order valence-corrected chi connectivity index (χ1v) is 7.56. The second kappa shape index (κ2) is 6.48. The minimum absolute atomic E-state index is 0.0644. The number of benzene rings is 2. The molecule has 1 aromatic heterocycles. The highest BCUT2D eigenvalue weighted by atomic mass is 16.2. The number of aromatic nitrogens is 2. The van der Waals surface area contributed by atoms with Crippen LogP contribution in [-0.2, 0) is 11.8 Å². The Morgan fingerprint density at radius 1 is 1.00 bits per heavy atom. The maximum atomic E-state index is 12.9. The summed E-state index contributed by atoms with van der Waals surface area (Å²) in [6.45, 7) is 1.90. The lowest BCUT2D eigenvalue weighted by Gasteiger charge is -2.17. The summed E-state index contributed by atoms with van der Waals surface area (Å²) in [5, 5.41) is 7.26. The summed E-state index contributed by atoms with van der Waals surface area (Å²) in [5.74, 6) is 0.280. The van der Waals surface area contributed by atoms with Gasteiger partial charge in [0.15, 0.2) is 0 Å². The first-order chi connectivity index (χ1) is 11.1. The van der Waals surface area contributed by atoms with Gasteiger partial charge < -0.3 is 5.32 Å². The van der Waals surface area contributed by atoms with Crippen LogP contribution in [0.5, 0.6) is 0 Å². The minimum atomic E-state index is -0.354. The van der Waals surface area contributed by atoms with Crippen LogP contribution in [0.4, 0.5) is 5.82 Å². The second-order valence-corrected chi connectivity index (χ2v) is 5.54. The number of hydrogen-bond acceptors (Lipinski definition) is 2. The molecule has 2 aromatic carbocycles. The fourth-order valence-electron chi connectivity index (χ4n) is 2.71. The standard InChI is InChI=1S/C19H19N3O/c1-14-13-17(22(2)21-14)20-19(23)18(15-9-5-3-6-10-15)16-11-7-4-8-12-16/h3-13,18H,1-2H3,(H,20,23). The molecule has 1 heterocycles. The summed E-state index contributed by atoms with van der Waals surface area (Å²) in [5.41, 5.74) is 2.81. The molecule has 0 atom stereocenters. The van der Waals surface area contributed by atoms with Crippen molar-refractivity contribution < 1.29 is 4.79 Å². The van der Waals surface area contributed by atoms with Gasteiger partial charge in [-0.05, 0) is 18.1 Å². The van der Waals surface area contributed by atoms with E-state index in [1.807, 2.05) is 80.7 Å².